The number of nitrogens with zero attached hydrogens (tertiary/aromatic N) is 1. The Labute approximate surface area is 110 Å². The minimum Gasteiger partial charge on any atom is -0.482 e. The highest BCUT2D eigenvalue weighted by Gasteiger charge is 2.36. The molecule has 1 unspecified atom stereocenters. The van der Waals surface area contributed by atoms with E-state index >= 15 is 0 Å². The summed E-state index contributed by atoms with van der Waals surface area (Å²) < 4.78 is 5.31. The van der Waals surface area contributed by atoms with Crippen LogP contribution in [0.2, 0.25) is 0 Å². The number of nitrogen functional groups attached to an aromatic ring is 1. The lowest BCUT2D eigenvalue weighted by atomic mass is 10.1. The Kier molecular flexibility index (Phi) is 2.87. The lowest BCUT2D eigenvalue weighted by molar-refractivity contribution is -0.129. The number of ether oxygens (including phenoxy) is 1. The van der Waals surface area contributed by atoms with Crippen LogP contribution in [0.1, 0.15) is 12.8 Å². The molecule has 0 bridgehead atoms. The van der Waals surface area contributed by atoms with Gasteiger partial charge in [-0.15, -0.1) is 0 Å². The van der Waals surface area contributed by atoms with Crippen molar-refractivity contribution in [2.75, 3.05) is 23.8 Å². The molecule has 3 N–H and O–H groups in total. The fourth-order valence-electron chi connectivity index (χ4n) is 2.46. The molecule has 2 amide bonds. The Balaban J connectivity index is 1.98. The van der Waals surface area contributed by atoms with Crippen LogP contribution in [-0.4, -0.2) is 31.0 Å². The SMILES string of the molecule is Nc1ccc2c(c1)N(C(=O)C1CCCN1)C(=O)CO2. The Morgan fingerprint density at radius 2 is 2.32 bits per heavy atom. The van der Waals surface area contributed by atoms with Gasteiger partial charge in [0.1, 0.15) is 5.75 Å². The van der Waals surface area contributed by atoms with Crippen LogP contribution >= 0.6 is 0 Å². The summed E-state index contributed by atoms with van der Waals surface area (Å²) >= 11 is 0. The van der Waals surface area contributed by atoms with Crippen molar-refractivity contribution >= 4 is 23.2 Å². The van der Waals surface area contributed by atoms with Crippen LogP contribution in [0.25, 0.3) is 0 Å². The van der Waals surface area contributed by atoms with E-state index in [4.69, 9.17) is 10.5 Å². The van der Waals surface area contributed by atoms with Gasteiger partial charge in [-0.1, -0.05) is 0 Å². The molecule has 1 fully saturated rings. The minimum absolute atomic E-state index is 0.116. The molecule has 19 heavy (non-hydrogen) atoms. The van der Waals surface area contributed by atoms with Crippen LogP contribution in [0.15, 0.2) is 18.2 Å². The second kappa shape index (κ2) is 4.55. The molecule has 3 rings (SSSR count). The van der Waals surface area contributed by atoms with Crippen LogP contribution in [0.4, 0.5) is 11.4 Å². The smallest absolute Gasteiger partial charge is 0.271 e. The molecule has 0 spiro atoms. The van der Waals surface area contributed by atoms with Gasteiger partial charge in [0.15, 0.2) is 6.61 Å². The third-order valence-electron chi connectivity index (χ3n) is 3.40. The Hall–Kier alpha value is -2.08. The number of nitrogens with one attached hydrogen (secondary N) is 1. The average molecular weight is 261 g/mol. The second-order valence-corrected chi connectivity index (χ2v) is 4.73. The van der Waals surface area contributed by atoms with Gasteiger partial charge in [0.05, 0.1) is 11.7 Å². The highest BCUT2D eigenvalue weighted by atomic mass is 16.5. The summed E-state index contributed by atoms with van der Waals surface area (Å²) in [6.45, 7) is 0.689. The van der Waals surface area contributed by atoms with Gasteiger partial charge in [-0.2, -0.15) is 0 Å². The maximum absolute atomic E-state index is 12.4. The van der Waals surface area contributed by atoms with Crippen LogP contribution in [0, 0.1) is 0 Å². The molecule has 0 radical (unpaired) electrons. The normalized spacial score (nSPS) is 22.0. The van der Waals surface area contributed by atoms with E-state index < -0.39 is 0 Å². The molecule has 0 aliphatic carbocycles. The number of anilines is 2. The zero-order valence-electron chi connectivity index (χ0n) is 10.4. The molecular formula is C13H15N3O3. The molecule has 0 saturated carbocycles. The van der Waals surface area contributed by atoms with Crippen LogP contribution in [-0.2, 0) is 9.59 Å². The van der Waals surface area contributed by atoms with Gasteiger partial charge < -0.3 is 15.8 Å². The fraction of sp³-hybridized carbons (Fsp3) is 0.385. The Morgan fingerprint density at radius 1 is 1.47 bits per heavy atom. The van der Waals surface area contributed by atoms with E-state index in [0.29, 0.717) is 17.1 Å². The van der Waals surface area contributed by atoms with Gasteiger partial charge in [0.25, 0.3) is 11.8 Å². The van der Waals surface area contributed by atoms with E-state index in [1.54, 1.807) is 18.2 Å². The van der Waals surface area contributed by atoms with Crippen molar-refractivity contribution in [3.63, 3.8) is 0 Å². The molecule has 1 atom stereocenters. The van der Waals surface area contributed by atoms with Crippen molar-refractivity contribution in [1.82, 2.24) is 5.32 Å². The van der Waals surface area contributed by atoms with Gasteiger partial charge in [-0.25, -0.2) is 4.90 Å². The van der Waals surface area contributed by atoms with Gasteiger partial charge >= 0.3 is 0 Å². The summed E-state index contributed by atoms with van der Waals surface area (Å²) in [7, 11) is 0. The first-order chi connectivity index (χ1) is 9.16. The molecule has 1 aromatic rings. The molecule has 2 heterocycles. The highest BCUT2D eigenvalue weighted by molar-refractivity contribution is 6.19. The number of fused-ring (bicyclic) bond motifs is 1. The largest absolute Gasteiger partial charge is 0.482 e. The number of hydrogen-bond donors (Lipinski definition) is 2. The minimum atomic E-state index is -0.350. The van der Waals surface area contributed by atoms with Gasteiger partial charge in [0, 0.05) is 5.69 Å². The van der Waals surface area contributed by atoms with E-state index in [1.807, 2.05) is 0 Å². The zero-order valence-corrected chi connectivity index (χ0v) is 10.4. The van der Waals surface area contributed by atoms with Crippen molar-refractivity contribution in [2.45, 2.75) is 18.9 Å². The van der Waals surface area contributed by atoms with E-state index in [2.05, 4.69) is 5.32 Å². The van der Waals surface area contributed by atoms with Crippen molar-refractivity contribution in [2.24, 2.45) is 0 Å². The van der Waals surface area contributed by atoms with Crippen molar-refractivity contribution in [3.8, 4) is 5.75 Å². The van der Waals surface area contributed by atoms with Crippen LogP contribution in [0.5, 0.6) is 5.75 Å². The molecule has 0 aromatic heterocycles. The Bertz CT molecular complexity index is 538. The van der Waals surface area contributed by atoms with E-state index in [0.717, 1.165) is 19.4 Å². The maximum Gasteiger partial charge on any atom is 0.271 e. The lowest BCUT2D eigenvalue weighted by Crippen LogP contribution is -2.50. The quantitative estimate of drug-likeness (QED) is 0.560. The third kappa shape index (κ3) is 2.04. The van der Waals surface area contributed by atoms with Gasteiger partial charge in [-0.05, 0) is 37.6 Å². The number of hydrogen-bond acceptors (Lipinski definition) is 5. The monoisotopic (exact) mass is 261 g/mol. The third-order valence-corrected chi connectivity index (χ3v) is 3.40. The highest BCUT2D eigenvalue weighted by Crippen LogP contribution is 2.34. The summed E-state index contributed by atoms with van der Waals surface area (Å²) in [6.07, 6.45) is 1.69. The summed E-state index contributed by atoms with van der Waals surface area (Å²) in [6, 6.07) is 4.67. The predicted molar refractivity (Wildman–Crippen MR) is 69.9 cm³/mol. The predicted octanol–water partition coefficient (Wildman–Crippen LogP) is 0.273. The number of carbonyl (C=O) groups is 2. The topological polar surface area (TPSA) is 84.7 Å². The number of imide groups is 1. The maximum atomic E-state index is 12.4. The first kappa shape index (κ1) is 12.0. The fourth-order valence-corrected chi connectivity index (χ4v) is 2.46. The zero-order chi connectivity index (χ0) is 13.4. The number of nitrogens with two attached hydrogens (primary N) is 1. The summed E-state index contributed by atoms with van der Waals surface area (Å²) in [5.41, 5.74) is 6.66. The first-order valence-corrected chi connectivity index (χ1v) is 6.29. The summed E-state index contributed by atoms with van der Waals surface area (Å²) in [4.78, 5) is 25.6. The van der Waals surface area contributed by atoms with Crippen LogP contribution in [0.3, 0.4) is 0 Å². The number of rotatable bonds is 1. The second-order valence-electron chi connectivity index (χ2n) is 4.73. The summed E-state index contributed by atoms with van der Waals surface area (Å²) in [5.74, 6) is -0.0606. The van der Waals surface area contributed by atoms with E-state index in [-0.39, 0.29) is 24.5 Å². The molecule has 6 heteroatoms. The van der Waals surface area contributed by atoms with Gasteiger partial charge in [-0.3, -0.25) is 9.59 Å². The number of amides is 2. The standard InChI is InChI=1S/C13H15N3O3/c14-8-3-4-11-10(6-8)16(12(17)7-19-11)13(18)9-2-1-5-15-9/h3-4,6,9,15H,1-2,5,7,14H2. The Morgan fingerprint density at radius 3 is 3.05 bits per heavy atom. The number of benzene rings is 1. The number of carbonyl (C=O) groups excluding carboxylic acids is 2. The molecule has 1 aromatic carbocycles. The lowest BCUT2D eigenvalue weighted by Gasteiger charge is -2.29. The van der Waals surface area contributed by atoms with E-state index in [9.17, 15) is 9.59 Å². The molecular weight excluding hydrogens is 246 g/mol. The molecule has 6 nitrogen and oxygen atoms in total. The van der Waals surface area contributed by atoms with Gasteiger partial charge in [0.2, 0.25) is 0 Å². The average Bonchev–Trinajstić information content (AvgIpc) is 2.91. The molecule has 100 valence electrons. The molecule has 2 aliphatic heterocycles. The molecule has 1 saturated heterocycles. The summed E-state index contributed by atoms with van der Waals surface area (Å²) in [5, 5.41) is 3.10. The van der Waals surface area contributed by atoms with Crippen molar-refractivity contribution < 1.29 is 14.3 Å². The molecule has 2 aliphatic rings. The van der Waals surface area contributed by atoms with E-state index in [1.165, 1.54) is 4.90 Å². The van der Waals surface area contributed by atoms with Crippen molar-refractivity contribution in [1.29, 1.82) is 0 Å². The van der Waals surface area contributed by atoms with Crippen molar-refractivity contribution in [3.05, 3.63) is 18.2 Å². The first-order valence-electron chi connectivity index (χ1n) is 6.29. The van der Waals surface area contributed by atoms with Crippen LogP contribution < -0.4 is 20.7 Å².